The van der Waals surface area contributed by atoms with Gasteiger partial charge in [0.15, 0.2) is 5.82 Å². The number of carbonyl (C=O) groups excluding carboxylic acids is 1. The van der Waals surface area contributed by atoms with Gasteiger partial charge >= 0.3 is 0 Å². The Balaban J connectivity index is 1.43. The molecule has 9 heteroatoms. The number of amides is 1. The zero-order valence-electron chi connectivity index (χ0n) is 17.4. The summed E-state index contributed by atoms with van der Waals surface area (Å²) in [5.41, 5.74) is 4.29. The molecular weight excluding hydrogens is 447 g/mol. The Labute approximate surface area is 195 Å². The number of hydrogen-bond acceptors (Lipinski definition) is 6. The standard InChI is InChI=1S/C23H22Cl2N6O/c1-26-22(32)14-4-2-3-5-16(14)29-21-15(24)11-27-23(31-21)30-18-8-6-12-10-13-7-9-17(28-13)19(12)20(18)25/h2-6,8,11,13,17,28H,7,9-10H2,1H3,(H,26,32)(H2,27,29,30,31). The van der Waals surface area contributed by atoms with Gasteiger partial charge in [-0.2, -0.15) is 4.98 Å². The number of nitrogens with one attached hydrogen (secondary N) is 4. The van der Waals surface area contributed by atoms with E-state index >= 15 is 0 Å². The van der Waals surface area contributed by atoms with E-state index < -0.39 is 0 Å². The Morgan fingerprint density at radius 1 is 1.09 bits per heavy atom. The topological polar surface area (TPSA) is 91.0 Å². The molecule has 4 N–H and O–H groups in total. The number of hydrogen-bond donors (Lipinski definition) is 4. The van der Waals surface area contributed by atoms with Crippen LogP contribution in [0.25, 0.3) is 0 Å². The van der Waals surface area contributed by atoms with Gasteiger partial charge in [0.2, 0.25) is 5.95 Å². The number of fused-ring (bicyclic) bond motifs is 4. The van der Waals surface area contributed by atoms with Crippen LogP contribution in [0.4, 0.5) is 23.1 Å². The van der Waals surface area contributed by atoms with Crippen molar-refractivity contribution in [3.05, 3.63) is 69.3 Å². The maximum Gasteiger partial charge on any atom is 0.253 e. The average molecular weight is 469 g/mol. The fourth-order valence-corrected chi connectivity index (χ4v) is 4.95. The van der Waals surface area contributed by atoms with Gasteiger partial charge in [-0.15, -0.1) is 0 Å². The number of para-hydroxylation sites is 1. The van der Waals surface area contributed by atoms with Crippen molar-refractivity contribution in [2.75, 3.05) is 17.7 Å². The molecule has 2 bridgehead atoms. The first kappa shape index (κ1) is 21.0. The van der Waals surface area contributed by atoms with Crippen LogP contribution in [0.1, 0.15) is 40.4 Å². The first-order valence-electron chi connectivity index (χ1n) is 10.5. The van der Waals surface area contributed by atoms with E-state index in [1.807, 2.05) is 12.1 Å². The van der Waals surface area contributed by atoms with Gasteiger partial charge in [-0.1, -0.05) is 41.4 Å². The minimum absolute atomic E-state index is 0.208. The predicted octanol–water partition coefficient (Wildman–Crippen LogP) is 4.98. The van der Waals surface area contributed by atoms with Crippen LogP contribution < -0.4 is 21.3 Å². The smallest absolute Gasteiger partial charge is 0.253 e. The Kier molecular flexibility index (Phi) is 5.63. The maximum absolute atomic E-state index is 12.2. The number of carbonyl (C=O) groups is 1. The van der Waals surface area contributed by atoms with Gasteiger partial charge < -0.3 is 21.3 Å². The molecular formula is C23H22Cl2N6O. The van der Waals surface area contributed by atoms with E-state index in [4.69, 9.17) is 23.2 Å². The molecule has 1 saturated heterocycles. The zero-order valence-corrected chi connectivity index (χ0v) is 18.9. The van der Waals surface area contributed by atoms with Crippen molar-refractivity contribution in [2.24, 2.45) is 0 Å². The zero-order chi connectivity index (χ0) is 22.2. The molecule has 32 heavy (non-hydrogen) atoms. The summed E-state index contributed by atoms with van der Waals surface area (Å²) >= 11 is 13.1. The van der Waals surface area contributed by atoms with Crippen LogP contribution in [0.5, 0.6) is 0 Å². The molecule has 3 heterocycles. The molecule has 2 aromatic carbocycles. The molecule has 1 amide bonds. The van der Waals surface area contributed by atoms with E-state index in [9.17, 15) is 4.79 Å². The predicted molar refractivity (Wildman–Crippen MR) is 127 cm³/mol. The van der Waals surface area contributed by atoms with E-state index in [1.165, 1.54) is 18.2 Å². The highest BCUT2D eigenvalue weighted by molar-refractivity contribution is 6.34. The van der Waals surface area contributed by atoms with Gasteiger partial charge in [0.1, 0.15) is 5.02 Å². The number of benzene rings is 2. The van der Waals surface area contributed by atoms with E-state index in [0.29, 0.717) is 45.1 Å². The number of nitrogens with zero attached hydrogens (tertiary/aromatic N) is 2. The van der Waals surface area contributed by atoms with E-state index in [1.54, 1.807) is 25.2 Å². The average Bonchev–Trinajstić information content (AvgIpc) is 3.18. The molecule has 2 aliphatic heterocycles. The molecule has 0 saturated carbocycles. The van der Waals surface area contributed by atoms with Crippen LogP contribution in [0.3, 0.4) is 0 Å². The minimum Gasteiger partial charge on any atom is -0.355 e. The second-order valence-corrected chi connectivity index (χ2v) is 8.75. The molecule has 0 spiro atoms. The van der Waals surface area contributed by atoms with Crippen molar-refractivity contribution in [3.63, 3.8) is 0 Å². The Bertz CT molecular complexity index is 1200. The molecule has 1 aromatic heterocycles. The van der Waals surface area contributed by atoms with Crippen LogP contribution >= 0.6 is 23.2 Å². The van der Waals surface area contributed by atoms with Crippen molar-refractivity contribution >= 4 is 52.3 Å². The van der Waals surface area contributed by atoms with Gasteiger partial charge in [0, 0.05) is 19.1 Å². The van der Waals surface area contributed by atoms with Crippen LogP contribution in [0.2, 0.25) is 10.0 Å². The van der Waals surface area contributed by atoms with Gasteiger partial charge in [-0.3, -0.25) is 4.79 Å². The highest BCUT2D eigenvalue weighted by Crippen LogP contribution is 2.43. The molecule has 1 fully saturated rings. The molecule has 7 nitrogen and oxygen atoms in total. The third-order valence-corrected chi connectivity index (χ3v) is 6.65. The van der Waals surface area contributed by atoms with Crippen molar-refractivity contribution in [3.8, 4) is 0 Å². The lowest BCUT2D eigenvalue weighted by molar-refractivity contribution is 0.0964. The molecule has 164 valence electrons. The molecule has 0 aliphatic carbocycles. The summed E-state index contributed by atoms with van der Waals surface area (Å²) in [5.74, 6) is 0.527. The van der Waals surface area contributed by atoms with Crippen LogP contribution in [0, 0.1) is 0 Å². The lowest BCUT2D eigenvalue weighted by Crippen LogP contribution is -2.32. The van der Waals surface area contributed by atoms with Crippen molar-refractivity contribution < 1.29 is 4.79 Å². The van der Waals surface area contributed by atoms with Crippen molar-refractivity contribution in [1.29, 1.82) is 0 Å². The third-order valence-electron chi connectivity index (χ3n) is 5.97. The first-order valence-corrected chi connectivity index (χ1v) is 11.2. The van der Waals surface area contributed by atoms with Crippen molar-refractivity contribution in [1.82, 2.24) is 20.6 Å². The maximum atomic E-state index is 12.2. The van der Waals surface area contributed by atoms with Gasteiger partial charge in [0.25, 0.3) is 5.91 Å². The van der Waals surface area contributed by atoms with E-state index in [-0.39, 0.29) is 5.91 Å². The number of halogens is 2. The highest BCUT2D eigenvalue weighted by Gasteiger charge is 2.34. The lowest BCUT2D eigenvalue weighted by Gasteiger charge is -2.26. The van der Waals surface area contributed by atoms with Crippen LogP contribution in [-0.2, 0) is 6.42 Å². The number of anilines is 4. The quantitative estimate of drug-likeness (QED) is 0.422. The normalized spacial score (nSPS) is 18.7. The molecule has 2 unspecified atom stereocenters. The summed E-state index contributed by atoms with van der Waals surface area (Å²) in [4.78, 5) is 21.0. The van der Waals surface area contributed by atoms with Gasteiger partial charge in [-0.05, 0) is 48.6 Å². The van der Waals surface area contributed by atoms with Gasteiger partial charge in [0.05, 0.1) is 28.2 Å². The Morgan fingerprint density at radius 3 is 2.78 bits per heavy atom. The van der Waals surface area contributed by atoms with Crippen molar-refractivity contribution in [2.45, 2.75) is 31.3 Å². The monoisotopic (exact) mass is 468 g/mol. The molecule has 2 aliphatic rings. The fourth-order valence-electron chi connectivity index (χ4n) is 4.45. The third kappa shape index (κ3) is 3.88. The summed E-state index contributed by atoms with van der Waals surface area (Å²) in [6.07, 6.45) is 4.78. The second kappa shape index (κ2) is 8.58. The molecule has 5 rings (SSSR count). The molecule has 2 atom stereocenters. The largest absolute Gasteiger partial charge is 0.355 e. The lowest BCUT2D eigenvalue weighted by atomic mass is 9.94. The summed E-state index contributed by atoms with van der Waals surface area (Å²) < 4.78 is 0. The summed E-state index contributed by atoms with van der Waals surface area (Å²) in [5, 5.41) is 13.7. The van der Waals surface area contributed by atoms with Crippen LogP contribution in [0.15, 0.2) is 42.6 Å². The second-order valence-electron chi connectivity index (χ2n) is 7.96. The molecule has 3 aromatic rings. The van der Waals surface area contributed by atoms with Gasteiger partial charge in [-0.25, -0.2) is 4.98 Å². The SMILES string of the molecule is CNC(=O)c1ccccc1Nc1nc(Nc2ccc3c(c2Cl)C2CCC(C3)N2)ncc1Cl. The summed E-state index contributed by atoms with van der Waals surface area (Å²) in [6.45, 7) is 0. The fraction of sp³-hybridized carbons (Fsp3) is 0.261. The van der Waals surface area contributed by atoms with Crippen LogP contribution in [-0.4, -0.2) is 29.0 Å². The minimum atomic E-state index is -0.208. The molecule has 0 radical (unpaired) electrons. The summed E-state index contributed by atoms with van der Waals surface area (Å²) in [7, 11) is 1.59. The number of aromatic nitrogens is 2. The Hall–Kier alpha value is -2.87. The van der Waals surface area contributed by atoms with E-state index in [2.05, 4.69) is 37.3 Å². The summed E-state index contributed by atoms with van der Waals surface area (Å²) in [6, 6.07) is 12.1. The highest BCUT2D eigenvalue weighted by atomic mass is 35.5. The Morgan fingerprint density at radius 2 is 1.94 bits per heavy atom. The van der Waals surface area contributed by atoms with E-state index in [0.717, 1.165) is 24.1 Å². The number of rotatable bonds is 5. The first-order chi connectivity index (χ1) is 15.5.